The molecule has 132 valence electrons. The summed E-state index contributed by atoms with van der Waals surface area (Å²) in [4.78, 5) is 1.74. The fourth-order valence-electron chi connectivity index (χ4n) is 2.47. The molecule has 3 rings (SSSR count). The van der Waals surface area contributed by atoms with Crippen molar-refractivity contribution in [2.75, 3.05) is 11.5 Å². The molecule has 4 nitrogen and oxygen atoms in total. The highest BCUT2D eigenvalue weighted by molar-refractivity contribution is 8.02. The van der Waals surface area contributed by atoms with Crippen LogP contribution in [0.25, 0.3) is 0 Å². The molecule has 1 aromatic carbocycles. The summed E-state index contributed by atoms with van der Waals surface area (Å²) >= 11 is 3.20. The summed E-state index contributed by atoms with van der Waals surface area (Å²) < 4.78 is 10.7. The van der Waals surface area contributed by atoms with Gasteiger partial charge in [0.1, 0.15) is 11.5 Å². The number of thioether (sulfide) groups is 2. The van der Waals surface area contributed by atoms with Gasteiger partial charge in [0.05, 0.1) is 17.4 Å². The third-order valence-corrected chi connectivity index (χ3v) is 6.17. The Balaban J connectivity index is 1.69. The highest BCUT2D eigenvalue weighted by atomic mass is 32.2. The number of phenols is 2. The van der Waals surface area contributed by atoms with Crippen LogP contribution in [0.4, 0.5) is 0 Å². The maximum atomic E-state index is 10.3. The van der Waals surface area contributed by atoms with Crippen LogP contribution in [0.5, 0.6) is 11.5 Å². The third kappa shape index (κ3) is 4.58. The van der Waals surface area contributed by atoms with Crippen LogP contribution >= 0.6 is 23.5 Å². The monoisotopic (exact) mass is 376 g/mol. The molecule has 0 bridgehead atoms. The zero-order valence-corrected chi connectivity index (χ0v) is 15.5. The minimum Gasteiger partial charge on any atom is -0.504 e. The molecule has 0 aliphatic rings. The first kappa shape index (κ1) is 17.9. The molecular formula is C19H20O4S2. The fourth-order valence-corrected chi connectivity index (χ4v) is 4.89. The van der Waals surface area contributed by atoms with Gasteiger partial charge in [0, 0.05) is 29.2 Å². The van der Waals surface area contributed by atoms with Crippen LogP contribution in [-0.2, 0) is 12.8 Å². The minimum atomic E-state index is -0.0756. The van der Waals surface area contributed by atoms with Gasteiger partial charge in [-0.15, -0.1) is 23.5 Å². The lowest BCUT2D eigenvalue weighted by molar-refractivity contribution is 0.392. The molecule has 0 spiro atoms. The summed E-state index contributed by atoms with van der Waals surface area (Å²) in [6.07, 6.45) is 4.91. The molecule has 25 heavy (non-hydrogen) atoms. The topological polar surface area (TPSA) is 66.7 Å². The van der Waals surface area contributed by atoms with Crippen LogP contribution in [0.15, 0.2) is 61.5 Å². The van der Waals surface area contributed by atoms with E-state index in [1.54, 1.807) is 30.4 Å². The number of phenolic OH excluding ortho intramolecular Hbond substituents is 2. The summed E-state index contributed by atoms with van der Waals surface area (Å²) in [5.74, 6) is 3.33. The van der Waals surface area contributed by atoms with E-state index in [-0.39, 0.29) is 11.5 Å². The van der Waals surface area contributed by atoms with Crippen molar-refractivity contribution in [3.63, 3.8) is 0 Å². The molecule has 0 saturated carbocycles. The van der Waals surface area contributed by atoms with Crippen molar-refractivity contribution < 1.29 is 19.0 Å². The number of hydrogen-bond donors (Lipinski definition) is 2. The molecule has 0 fully saturated rings. The minimum absolute atomic E-state index is 0.0458. The van der Waals surface area contributed by atoms with E-state index in [2.05, 4.69) is 0 Å². The van der Waals surface area contributed by atoms with Gasteiger partial charge >= 0.3 is 0 Å². The molecule has 0 saturated heterocycles. The van der Waals surface area contributed by atoms with E-state index in [1.165, 1.54) is 11.8 Å². The molecule has 6 heteroatoms. The van der Waals surface area contributed by atoms with Crippen molar-refractivity contribution in [3.8, 4) is 11.5 Å². The van der Waals surface area contributed by atoms with E-state index in [0.717, 1.165) is 51.2 Å². The molecule has 0 atom stereocenters. The standard InChI is InChI=1S/C19H20O4S2/c1-13-12-16(20)17(21)19(25-11-7-15-5-3-9-23-15)18(13)24-10-6-14-4-2-8-22-14/h2-5,8-9,12,20-21H,6-7,10-11H2,1H3. The second kappa shape index (κ2) is 8.45. The molecule has 3 aromatic rings. The lowest BCUT2D eigenvalue weighted by Crippen LogP contribution is -1.93. The Bertz CT molecular complexity index is 795. The first-order valence-electron chi connectivity index (χ1n) is 8.01. The Morgan fingerprint density at radius 3 is 1.96 bits per heavy atom. The first-order chi connectivity index (χ1) is 12.1. The number of rotatable bonds is 8. The Labute approximate surface area is 155 Å². The van der Waals surface area contributed by atoms with E-state index < -0.39 is 0 Å². The Hall–Kier alpha value is -1.92. The van der Waals surface area contributed by atoms with Gasteiger partial charge in [-0.25, -0.2) is 0 Å². The SMILES string of the molecule is Cc1cc(O)c(O)c(SCCc2ccco2)c1SCCc1ccco1. The zero-order valence-electron chi connectivity index (χ0n) is 13.9. The van der Waals surface area contributed by atoms with Crippen molar-refractivity contribution in [2.45, 2.75) is 29.6 Å². The van der Waals surface area contributed by atoms with E-state index >= 15 is 0 Å². The van der Waals surface area contributed by atoms with E-state index in [1.807, 2.05) is 31.2 Å². The van der Waals surface area contributed by atoms with Crippen molar-refractivity contribution in [3.05, 3.63) is 59.9 Å². The summed E-state index contributed by atoms with van der Waals surface area (Å²) in [5.41, 5.74) is 0.959. The van der Waals surface area contributed by atoms with E-state index in [9.17, 15) is 10.2 Å². The predicted octanol–water partition coefficient (Wildman–Crippen LogP) is 5.26. The lowest BCUT2D eigenvalue weighted by atomic mass is 10.2. The molecule has 2 aromatic heterocycles. The molecular weight excluding hydrogens is 356 g/mol. The largest absolute Gasteiger partial charge is 0.504 e. The normalized spacial score (nSPS) is 11.1. The van der Waals surface area contributed by atoms with Crippen molar-refractivity contribution in [1.82, 2.24) is 0 Å². The fraction of sp³-hybridized carbons (Fsp3) is 0.263. The van der Waals surface area contributed by atoms with Gasteiger partial charge in [-0.2, -0.15) is 0 Å². The second-order valence-corrected chi connectivity index (χ2v) is 7.79. The Morgan fingerprint density at radius 1 is 0.880 bits per heavy atom. The van der Waals surface area contributed by atoms with Gasteiger partial charge in [-0.1, -0.05) is 0 Å². The van der Waals surface area contributed by atoms with Crippen molar-refractivity contribution in [2.24, 2.45) is 0 Å². The van der Waals surface area contributed by atoms with Gasteiger partial charge < -0.3 is 19.0 Å². The van der Waals surface area contributed by atoms with Gasteiger partial charge in [0.2, 0.25) is 0 Å². The highest BCUT2D eigenvalue weighted by Gasteiger charge is 2.17. The van der Waals surface area contributed by atoms with Gasteiger partial charge in [-0.05, 0) is 42.8 Å². The molecule has 0 aliphatic carbocycles. The van der Waals surface area contributed by atoms with Crippen LogP contribution in [-0.4, -0.2) is 21.7 Å². The highest BCUT2D eigenvalue weighted by Crippen LogP contribution is 2.45. The molecule has 0 radical (unpaired) electrons. The number of benzene rings is 1. The van der Waals surface area contributed by atoms with Gasteiger partial charge in [0.15, 0.2) is 11.5 Å². The van der Waals surface area contributed by atoms with Crippen LogP contribution in [0, 0.1) is 6.92 Å². The average molecular weight is 376 g/mol. The van der Waals surface area contributed by atoms with Crippen LogP contribution < -0.4 is 0 Å². The zero-order chi connectivity index (χ0) is 17.6. The maximum Gasteiger partial charge on any atom is 0.172 e. The van der Waals surface area contributed by atoms with Gasteiger partial charge in [-0.3, -0.25) is 0 Å². The summed E-state index contributed by atoms with van der Waals surface area (Å²) in [6.45, 7) is 1.95. The molecule has 0 amide bonds. The molecule has 0 aliphatic heterocycles. The van der Waals surface area contributed by atoms with Crippen LogP contribution in [0.3, 0.4) is 0 Å². The molecule has 2 heterocycles. The van der Waals surface area contributed by atoms with Crippen LogP contribution in [0.1, 0.15) is 17.1 Å². The van der Waals surface area contributed by atoms with Gasteiger partial charge in [0.25, 0.3) is 0 Å². The second-order valence-electron chi connectivity index (χ2n) is 5.58. The Kier molecular flexibility index (Phi) is 6.04. The van der Waals surface area contributed by atoms with Crippen LogP contribution in [0.2, 0.25) is 0 Å². The molecule has 0 unspecified atom stereocenters. The Morgan fingerprint density at radius 2 is 1.44 bits per heavy atom. The third-order valence-electron chi connectivity index (χ3n) is 3.73. The van der Waals surface area contributed by atoms with Crippen molar-refractivity contribution in [1.29, 1.82) is 0 Å². The summed E-state index contributed by atoms with van der Waals surface area (Å²) in [7, 11) is 0. The first-order valence-corrected chi connectivity index (χ1v) is 9.98. The quantitative estimate of drug-likeness (QED) is 0.413. The average Bonchev–Trinajstić information content (AvgIpc) is 3.28. The van der Waals surface area contributed by atoms with E-state index in [4.69, 9.17) is 8.83 Å². The molecule has 2 N–H and O–H groups in total. The number of hydrogen-bond acceptors (Lipinski definition) is 6. The summed E-state index contributed by atoms with van der Waals surface area (Å²) in [5, 5.41) is 20.3. The number of aryl methyl sites for hydroxylation is 3. The van der Waals surface area contributed by atoms with Crippen molar-refractivity contribution >= 4 is 23.5 Å². The smallest absolute Gasteiger partial charge is 0.172 e. The lowest BCUT2D eigenvalue weighted by Gasteiger charge is -2.14. The number of aromatic hydroxyl groups is 2. The maximum absolute atomic E-state index is 10.3. The van der Waals surface area contributed by atoms with E-state index in [0.29, 0.717) is 0 Å². The summed E-state index contributed by atoms with van der Waals surface area (Å²) in [6, 6.07) is 9.26. The number of furan rings is 2. The predicted molar refractivity (Wildman–Crippen MR) is 101 cm³/mol.